The summed E-state index contributed by atoms with van der Waals surface area (Å²) in [5.74, 6) is 0.225. The molecular formula is C18H18ClNO4. The molecule has 24 heavy (non-hydrogen) atoms. The van der Waals surface area contributed by atoms with E-state index in [-0.39, 0.29) is 23.7 Å². The van der Waals surface area contributed by atoms with Crippen LogP contribution in [0.25, 0.3) is 0 Å². The first-order chi connectivity index (χ1) is 11.5. The van der Waals surface area contributed by atoms with Gasteiger partial charge in [0, 0.05) is 17.6 Å². The molecule has 0 bridgehead atoms. The van der Waals surface area contributed by atoms with Crippen molar-refractivity contribution in [2.75, 3.05) is 18.1 Å². The van der Waals surface area contributed by atoms with Gasteiger partial charge in [-0.2, -0.15) is 0 Å². The third-order valence-electron chi connectivity index (χ3n) is 4.20. The Kier molecular flexibility index (Phi) is 4.62. The normalized spacial score (nSPS) is 13.5. The molecule has 0 radical (unpaired) electrons. The number of hydrogen-bond acceptors (Lipinski definition) is 4. The van der Waals surface area contributed by atoms with Gasteiger partial charge in [0.15, 0.2) is 6.61 Å². The second-order valence-corrected chi connectivity index (χ2v) is 6.20. The Bertz CT molecular complexity index is 843. The lowest BCUT2D eigenvalue weighted by atomic mass is 9.98. The van der Waals surface area contributed by atoms with E-state index in [4.69, 9.17) is 20.8 Å². The predicted octanol–water partition coefficient (Wildman–Crippen LogP) is 3.27. The summed E-state index contributed by atoms with van der Waals surface area (Å²) in [4.78, 5) is 26.1. The molecule has 1 aliphatic rings. The van der Waals surface area contributed by atoms with Crippen molar-refractivity contribution in [3.8, 4) is 5.75 Å². The van der Waals surface area contributed by atoms with Gasteiger partial charge in [-0.15, -0.1) is 0 Å². The summed E-state index contributed by atoms with van der Waals surface area (Å²) >= 11 is 6.21. The number of amides is 1. The van der Waals surface area contributed by atoms with Gasteiger partial charge in [0.2, 0.25) is 11.2 Å². The molecule has 1 aromatic carbocycles. The summed E-state index contributed by atoms with van der Waals surface area (Å²) in [5.41, 5.74) is 2.55. The van der Waals surface area contributed by atoms with Gasteiger partial charge >= 0.3 is 0 Å². The van der Waals surface area contributed by atoms with Gasteiger partial charge in [0.05, 0.1) is 12.0 Å². The van der Waals surface area contributed by atoms with Crippen LogP contribution in [0.2, 0.25) is 5.02 Å². The van der Waals surface area contributed by atoms with Gasteiger partial charge in [-0.25, -0.2) is 0 Å². The third-order valence-corrected chi connectivity index (χ3v) is 4.60. The van der Waals surface area contributed by atoms with Crippen LogP contribution >= 0.6 is 11.6 Å². The van der Waals surface area contributed by atoms with Crippen LogP contribution in [0.1, 0.15) is 23.3 Å². The smallest absolute Gasteiger partial charge is 0.264 e. The molecule has 0 saturated carbocycles. The van der Waals surface area contributed by atoms with Crippen LogP contribution in [0.3, 0.4) is 0 Å². The van der Waals surface area contributed by atoms with Crippen LogP contribution in [0.4, 0.5) is 5.69 Å². The molecule has 6 heteroatoms. The zero-order chi connectivity index (χ0) is 17.3. The van der Waals surface area contributed by atoms with E-state index in [0.717, 1.165) is 29.7 Å². The Labute approximate surface area is 144 Å². The molecule has 0 unspecified atom stereocenters. The van der Waals surface area contributed by atoms with Gasteiger partial charge in [0.25, 0.3) is 5.91 Å². The van der Waals surface area contributed by atoms with E-state index < -0.39 is 0 Å². The molecule has 1 amide bonds. The highest BCUT2D eigenvalue weighted by Gasteiger charge is 2.25. The topological polar surface area (TPSA) is 59.8 Å². The first-order valence-electron chi connectivity index (χ1n) is 7.78. The van der Waals surface area contributed by atoms with Crippen molar-refractivity contribution in [2.45, 2.75) is 26.7 Å². The minimum Gasteiger partial charge on any atom is -0.476 e. The summed E-state index contributed by atoms with van der Waals surface area (Å²) in [6, 6.07) is 5.09. The summed E-state index contributed by atoms with van der Waals surface area (Å²) in [5, 5.41) is 0.633. The Morgan fingerprint density at radius 3 is 2.88 bits per heavy atom. The third kappa shape index (κ3) is 3.04. The zero-order valence-corrected chi connectivity index (χ0v) is 14.4. The Balaban J connectivity index is 1.83. The molecule has 2 heterocycles. The number of carbonyl (C=O) groups excluding carboxylic acids is 1. The second-order valence-electron chi connectivity index (χ2n) is 5.79. The highest BCUT2D eigenvalue weighted by atomic mass is 35.5. The average Bonchev–Trinajstić information content (AvgIpc) is 2.57. The van der Waals surface area contributed by atoms with E-state index in [1.54, 1.807) is 11.8 Å². The minimum atomic E-state index is -0.301. The maximum Gasteiger partial charge on any atom is 0.264 e. The average molecular weight is 348 g/mol. The van der Waals surface area contributed by atoms with Gasteiger partial charge in [0.1, 0.15) is 5.76 Å². The quantitative estimate of drug-likeness (QED) is 0.855. The molecule has 5 nitrogen and oxygen atoms in total. The number of rotatable bonds is 3. The first kappa shape index (κ1) is 16.6. The lowest BCUT2D eigenvalue weighted by molar-refractivity contribution is -0.120. The van der Waals surface area contributed by atoms with Crippen molar-refractivity contribution in [1.29, 1.82) is 0 Å². The zero-order valence-electron chi connectivity index (χ0n) is 13.6. The van der Waals surface area contributed by atoms with Gasteiger partial charge in [-0.05, 0) is 43.9 Å². The highest BCUT2D eigenvalue weighted by molar-refractivity contribution is 6.31. The maximum absolute atomic E-state index is 12.6. The van der Waals surface area contributed by atoms with E-state index in [1.165, 1.54) is 12.3 Å². The maximum atomic E-state index is 12.6. The number of nitrogens with zero attached hydrogens (tertiary/aromatic N) is 1. The molecule has 2 aromatic rings. The van der Waals surface area contributed by atoms with Crippen LogP contribution in [-0.2, 0) is 11.2 Å². The van der Waals surface area contributed by atoms with Crippen LogP contribution in [0.5, 0.6) is 5.75 Å². The summed E-state index contributed by atoms with van der Waals surface area (Å²) in [7, 11) is 0. The first-order valence-corrected chi connectivity index (χ1v) is 8.16. The number of aryl methyl sites for hydroxylation is 2. The molecule has 3 rings (SSSR count). The molecule has 0 N–H and O–H groups in total. The van der Waals surface area contributed by atoms with Crippen molar-refractivity contribution < 1.29 is 13.9 Å². The van der Waals surface area contributed by atoms with Crippen molar-refractivity contribution in [3.63, 3.8) is 0 Å². The van der Waals surface area contributed by atoms with Crippen LogP contribution in [-0.4, -0.2) is 19.1 Å². The van der Waals surface area contributed by atoms with Crippen molar-refractivity contribution in [1.82, 2.24) is 0 Å². The number of anilines is 1. The number of benzene rings is 1. The standard InChI is InChI=1S/C18H18ClNO4/c1-11-14(19)6-5-13-4-3-8-20(17(11)13)16(22)10-24-18-12(2)23-9-7-15(18)21/h5-7,9H,3-4,8,10H2,1-2H3. The van der Waals surface area contributed by atoms with Crippen LogP contribution in [0.15, 0.2) is 33.7 Å². The van der Waals surface area contributed by atoms with Crippen LogP contribution in [0, 0.1) is 13.8 Å². The van der Waals surface area contributed by atoms with E-state index in [0.29, 0.717) is 17.3 Å². The van der Waals surface area contributed by atoms with Crippen LogP contribution < -0.4 is 15.1 Å². The van der Waals surface area contributed by atoms with E-state index in [9.17, 15) is 9.59 Å². The number of carbonyl (C=O) groups is 1. The molecule has 1 aliphatic heterocycles. The van der Waals surface area contributed by atoms with E-state index >= 15 is 0 Å². The number of halogens is 1. The lowest BCUT2D eigenvalue weighted by Gasteiger charge is -2.31. The summed E-state index contributed by atoms with van der Waals surface area (Å²) in [6.07, 6.45) is 3.10. The van der Waals surface area contributed by atoms with E-state index in [1.807, 2.05) is 19.1 Å². The summed E-state index contributed by atoms with van der Waals surface area (Å²) < 4.78 is 10.6. The summed E-state index contributed by atoms with van der Waals surface area (Å²) in [6.45, 7) is 3.92. The SMILES string of the molecule is Cc1occc(=O)c1OCC(=O)N1CCCc2ccc(Cl)c(C)c21. The van der Waals surface area contributed by atoms with Gasteiger partial charge in [-0.3, -0.25) is 9.59 Å². The van der Waals surface area contributed by atoms with Crippen molar-refractivity contribution >= 4 is 23.2 Å². The fraction of sp³-hybridized carbons (Fsp3) is 0.333. The molecule has 1 aromatic heterocycles. The second kappa shape index (κ2) is 6.69. The molecule has 0 saturated heterocycles. The minimum absolute atomic E-state index is 0.0749. The predicted molar refractivity (Wildman–Crippen MR) is 92.1 cm³/mol. The molecule has 126 valence electrons. The Hall–Kier alpha value is -2.27. The fourth-order valence-corrected chi connectivity index (χ4v) is 3.14. The largest absolute Gasteiger partial charge is 0.476 e. The van der Waals surface area contributed by atoms with Crippen molar-refractivity contribution in [3.05, 3.63) is 56.6 Å². The monoisotopic (exact) mass is 347 g/mol. The number of ether oxygens (including phenoxy) is 1. The van der Waals surface area contributed by atoms with Gasteiger partial charge < -0.3 is 14.1 Å². The Morgan fingerprint density at radius 2 is 2.12 bits per heavy atom. The molecular weight excluding hydrogens is 330 g/mol. The van der Waals surface area contributed by atoms with E-state index in [2.05, 4.69) is 0 Å². The number of hydrogen-bond donors (Lipinski definition) is 0. The number of fused-ring (bicyclic) bond motifs is 1. The molecule has 0 spiro atoms. The molecule has 0 fully saturated rings. The van der Waals surface area contributed by atoms with Gasteiger partial charge in [-0.1, -0.05) is 17.7 Å². The highest BCUT2D eigenvalue weighted by Crippen LogP contribution is 2.34. The lowest BCUT2D eigenvalue weighted by Crippen LogP contribution is -2.39. The fourth-order valence-electron chi connectivity index (χ4n) is 2.98. The van der Waals surface area contributed by atoms with Crippen molar-refractivity contribution in [2.24, 2.45) is 0 Å². The Morgan fingerprint density at radius 1 is 1.33 bits per heavy atom. The molecule has 0 atom stereocenters. The molecule has 0 aliphatic carbocycles.